The van der Waals surface area contributed by atoms with Crippen LogP contribution in [0.3, 0.4) is 0 Å². The van der Waals surface area contributed by atoms with E-state index in [0.29, 0.717) is 17.8 Å². The van der Waals surface area contributed by atoms with E-state index in [4.69, 9.17) is 4.42 Å². The molecule has 124 valence electrons. The van der Waals surface area contributed by atoms with E-state index in [1.807, 2.05) is 37.3 Å². The zero-order chi connectivity index (χ0) is 16.7. The molecule has 0 radical (unpaired) electrons. The summed E-state index contributed by atoms with van der Waals surface area (Å²) in [6.45, 7) is 8.15. The minimum absolute atomic E-state index is 0.114. The number of likely N-dealkylation sites (tertiary alicyclic amines) is 1. The minimum atomic E-state index is 0.114. The largest absolute Gasteiger partial charge is 0.419 e. The maximum Gasteiger partial charge on any atom is 0.247 e. The van der Waals surface area contributed by atoms with E-state index >= 15 is 0 Å². The number of rotatable bonds is 4. The van der Waals surface area contributed by atoms with Crippen molar-refractivity contribution >= 4 is 0 Å². The molecule has 0 amide bonds. The molecule has 1 atom stereocenters. The average molecular weight is 323 g/mol. The average Bonchev–Trinajstić information content (AvgIpc) is 3.14. The number of aryl methyl sites for hydroxylation is 2. The molecule has 4 rings (SSSR count). The van der Waals surface area contributed by atoms with Crippen LogP contribution in [-0.2, 0) is 0 Å². The molecule has 3 aromatic rings. The Kier molecular flexibility index (Phi) is 3.69. The summed E-state index contributed by atoms with van der Waals surface area (Å²) in [6.07, 6.45) is 0. The molecule has 6 heteroatoms. The monoisotopic (exact) mass is 323 g/mol. The van der Waals surface area contributed by atoms with Crippen LogP contribution in [-0.4, -0.2) is 38.0 Å². The number of aromatic nitrogens is 4. The van der Waals surface area contributed by atoms with Crippen LogP contribution in [0.1, 0.15) is 36.3 Å². The maximum absolute atomic E-state index is 5.87. The Labute approximate surface area is 141 Å². The molecule has 1 aliphatic heterocycles. The first-order valence-electron chi connectivity index (χ1n) is 8.27. The van der Waals surface area contributed by atoms with Gasteiger partial charge in [-0.3, -0.25) is 9.58 Å². The van der Waals surface area contributed by atoms with Crippen LogP contribution in [0.15, 0.2) is 40.8 Å². The van der Waals surface area contributed by atoms with Crippen LogP contribution in [0.25, 0.3) is 11.5 Å². The molecular weight excluding hydrogens is 302 g/mol. The normalized spacial score (nSPS) is 17.0. The lowest BCUT2D eigenvalue weighted by Crippen LogP contribution is -2.49. The Balaban J connectivity index is 1.44. The van der Waals surface area contributed by atoms with E-state index in [2.05, 4.69) is 44.8 Å². The van der Waals surface area contributed by atoms with Crippen molar-refractivity contribution in [2.75, 3.05) is 13.1 Å². The standard InChI is InChI=1S/C18H21N5O/c1-12-9-13(2)23(21-12)16-10-22(11-16)14(3)17-19-20-18(24-17)15-7-5-4-6-8-15/h4-9,14,16H,10-11H2,1-3H3/t14-/m0/s1. The van der Waals surface area contributed by atoms with E-state index in [9.17, 15) is 0 Å². The van der Waals surface area contributed by atoms with Crippen LogP contribution in [0.5, 0.6) is 0 Å². The van der Waals surface area contributed by atoms with Gasteiger partial charge in [-0.2, -0.15) is 5.10 Å². The number of benzene rings is 1. The Morgan fingerprint density at radius 3 is 2.54 bits per heavy atom. The topological polar surface area (TPSA) is 60.0 Å². The molecule has 2 aromatic heterocycles. The third-order valence-corrected chi connectivity index (χ3v) is 4.65. The summed E-state index contributed by atoms with van der Waals surface area (Å²) in [5.74, 6) is 1.24. The molecule has 1 fully saturated rings. The van der Waals surface area contributed by atoms with Gasteiger partial charge in [0, 0.05) is 24.3 Å². The fourth-order valence-corrected chi connectivity index (χ4v) is 3.23. The first-order chi connectivity index (χ1) is 11.6. The Hall–Kier alpha value is -2.47. The van der Waals surface area contributed by atoms with Gasteiger partial charge in [-0.15, -0.1) is 10.2 Å². The second kappa shape index (κ2) is 5.87. The highest BCUT2D eigenvalue weighted by molar-refractivity contribution is 5.51. The lowest BCUT2D eigenvalue weighted by Gasteiger charge is -2.42. The van der Waals surface area contributed by atoms with E-state index in [0.717, 1.165) is 24.3 Å². The molecule has 0 N–H and O–H groups in total. The zero-order valence-electron chi connectivity index (χ0n) is 14.2. The molecule has 0 bridgehead atoms. The zero-order valence-corrected chi connectivity index (χ0v) is 14.2. The number of nitrogens with zero attached hydrogens (tertiary/aromatic N) is 5. The van der Waals surface area contributed by atoms with Crippen molar-refractivity contribution in [3.63, 3.8) is 0 Å². The van der Waals surface area contributed by atoms with Crippen molar-refractivity contribution in [3.05, 3.63) is 53.7 Å². The predicted octanol–water partition coefficient (Wildman–Crippen LogP) is 3.17. The van der Waals surface area contributed by atoms with E-state index in [-0.39, 0.29) is 6.04 Å². The van der Waals surface area contributed by atoms with Gasteiger partial charge in [0.25, 0.3) is 0 Å². The number of hydrogen-bond donors (Lipinski definition) is 0. The van der Waals surface area contributed by atoms with Crippen molar-refractivity contribution in [3.8, 4) is 11.5 Å². The molecule has 1 aromatic carbocycles. The van der Waals surface area contributed by atoms with Gasteiger partial charge >= 0.3 is 0 Å². The third-order valence-electron chi connectivity index (χ3n) is 4.65. The molecule has 24 heavy (non-hydrogen) atoms. The highest BCUT2D eigenvalue weighted by atomic mass is 16.4. The first kappa shape index (κ1) is 15.1. The van der Waals surface area contributed by atoms with Gasteiger partial charge < -0.3 is 4.42 Å². The second-order valence-corrected chi connectivity index (χ2v) is 6.47. The van der Waals surface area contributed by atoms with Crippen LogP contribution < -0.4 is 0 Å². The maximum atomic E-state index is 5.87. The van der Waals surface area contributed by atoms with E-state index in [1.54, 1.807) is 0 Å². The Morgan fingerprint density at radius 1 is 1.12 bits per heavy atom. The van der Waals surface area contributed by atoms with Crippen LogP contribution in [0, 0.1) is 13.8 Å². The van der Waals surface area contributed by atoms with Gasteiger partial charge in [-0.25, -0.2) is 0 Å². The highest BCUT2D eigenvalue weighted by Gasteiger charge is 2.35. The lowest BCUT2D eigenvalue weighted by molar-refractivity contribution is 0.0473. The fourth-order valence-electron chi connectivity index (χ4n) is 3.23. The molecule has 0 unspecified atom stereocenters. The molecule has 0 spiro atoms. The lowest BCUT2D eigenvalue weighted by atomic mass is 10.1. The van der Waals surface area contributed by atoms with Crippen molar-refractivity contribution in [2.45, 2.75) is 32.9 Å². The van der Waals surface area contributed by atoms with Gasteiger partial charge in [-0.1, -0.05) is 18.2 Å². The predicted molar refractivity (Wildman–Crippen MR) is 90.5 cm³/mol. The smallest absolute Gasteiger partial charge is 0.247 e. The van der Waals surface area contributed by atoms with E-state index < -0.39 is 0 Å². The quantitative estimate of drug-likeness (QED) is 0.738. The van der Waals surface area contributed by atoms with Gasteiger partial charge in [0.2, 0.25) is 11.8 Å². The van der Waals surface area contributed by atoms with Crippen molar-refractivity contribution in [2.24, 2.45) is 0 Å². The summed E-state index contributed by atoms with van der Waals surface area (Å²) < 4.78 is 8.00. The Bertz CT molecular complexity index is 832. The van der Waals surface area contributed by atoms with Crippen molar-refractivity contribution < 1.29 is 4.42 Å². The fraction of sp³-hybridized carbons (Fsp3) is 0.389. The second-order valence-electron chi connectivity index (χ2n) is 6.47. The molecule has 1 saturated heterocycles. The van der Waals surface area contributed by atoms with Gasteiger partial charge in [0.05, 0.1) is 17.8 Å². The summed E-state index contributed by atoms with van der Waals surface area (Å²) in [5, 5.41) is 13.0. The van der Waals surface area contributed by atoms with Crippen LogP contribution in [0.2, 0.25) is 0 Å². The van der Waals surface area contributed by atoms with Crippen LogP contribution in [0.4, 0.5) is 0 Å². The summed E-state index contributed by atoms with van der Waals surface area (Å²) in [6, 6.07) is 12.5. The van der Waals surface area contributed by atoms with Crippen molar-refractivity contribution in [1.29, 1.82) is 0 Å². The van der Waals surface area contributed by atoms with E-state index in [1.165, 1.54) is 5.69 Å². The van der Waals surface area contributed by atoms with Gasteiger partial charge in [0.1, 0.15) is 0 Å². The molecule has 1 aliphatic rings. The summed E-state index contributed by atoms with van der Waals surface area (Å²) in [5.41, 5.74) is 3.24. The third kappa shape index (κ3) is 2.63. The minimum Gasteiger partial charge on any atom is -0.419 e. The SMILES string of the molecule is Cc1cc(C)n(C2CN([C@@H](C)c3nnc(-c4ccccc4)o3)C2)n1. The molecule has 0 aliphatic carbocycles. The Morgan fingerprint density at radius 2 is 1.88 bits per heavy atom. The first-order valence-corrected chi connectivity index (χ1v) is 8.27. The molecule has 6 nitrogen and oxygen atoms in total. The molecule has 3 heterocycles. The highest BCUT2D eigenvalue weighted by Crippen LogP contribution is 2.32. The summed E-state index contributed by atoms with van der Waals surface area (Å²) >= 11 is 0. The molecule has 0 saturated carbocycles. The summed E-state index contributed by atoms with van der Waals surface area (Å²) in [4.78, 5) is 2.34. The van der Waals surface area contributed by atoms with Crippen molar-refractivity contribution in [1.82, 2.24) is 24.9 Å². The van der Waals surface area contributed by atoms with Gasteiger partial charge in [0.15, 0.2) is 0 Å². The molecular formula is C18H21N5O. The number of hydrogen-bond acceptors (Lipinski definition) is 5. The van der Waals surface area contributed by atoms with Crippen LogP contribution >= 0.6 is 0 Å². The van der Waals surface area contributed by atoms with Gasteiger partial charge in [-0.05, 0) is 39.0 Å². The summed E-state index contributed by atoms with van der Waals surface area (Å²) in [7, 11) is 0.